The number of hydrogen-bond acceptors (Lipinski definition) is 3. The van der Waals surface area contributed by atoms with Crippen molar-refractivity contribution >= 4 is 5.97 Å². The van der Waals surface area contributed by atoms with Crippen LogP contribution in [0.25, 0.3) is 0 Å². The first-order chi connectivity index (χ1) is 8.58. The van der Waals surface area contributed by atoms with E-state index >= 15 is 0 Å². The molecule has 2 rings (SSSR count). The van der Waals surface area contributed by atoms with E-state index in [-0.39, 0.29) is 5.75 Å². The molecule has 4 heteroatoms. The molecule has 1 aromatic carbocycles. The molecule has 1 heterocycles. The summed E-state index contributed by atoms with van der Waals surface area (Å²) in [5.41, 5.74) is 0.944. The van der Waals surface area contributed by atoms with Crippen LogP contribution in [0.15, 0.2) is 24.3 Å². The molecule has 0 spiro atoms. The topological polar surface area (TPSA) is 60.8 Å². The zero-order chi connectivity index (χ0) is 13.1. The van der Waals surface area contributed by atoms with E-state index in [0.29, 0.717) is 12.5 Å². The van der Waals surface area contributed by atoms with Gasteiger partial charge in [-0.3, -0.25) is 9.69 Å². The molecule has 0 amide bonds. The maximum Gasteiger partial charge on any atom is 0.321 e. The summed E-state index contributed by atoms with van der Waals surface area (Å²) in [6.07, 6.45) is 2.62. The molecule has 18 heavy (non-hydrogen) atoms. The molecule has 1 fully saturated rings. The van der Waals surface area contributed by atoms with Gasteiger partial charge < -0.3 is 10.2 Å². The van der Waals surface area contributed by atoms with Gasteiger partial charge in [0.25, 0.3) is 0 Å². The van der Waals surface area contributed by atoms with Crippen molar-refractivity contribution in [2.24, 2.45) is 0 Å². The third-order valence-corrected chi connectivity index (χ3v) is 3.66. The third kappa shape index (κ3) is 2.82. The monoisotopic (exact) mass is 249 g/mol. The number of phenolic OH excluding ortho intramolecular Hbond substituents is 1. The van der Waals surface area contributed by atoms with E-state index in [0.717, 1.165) is 24.9 Å². The van der Waals surface area contributed by atoms with E-state index in [9.17, 15) is 15.0 Å². The van der Waals surface area contributed by atoms with E-state index in [1.54, 1.807) is 24.3 Å². The number of nitrogens with zero attached hydrogens (tertiary/aromatic N) is 1. The Morgan fingerprint density at radius 1 is 1.44 bits per heavy atom. The Hall–Kier alpha value is -1.55. The van der Waals surface area contributed by atoms with Crippen molar-refractivity contribution in [3.05, 3.63) is 29.8 Å². The molecule has 1 aliphatic heterocycles. The third-order valence-electron chi connectivity index (χ3n) is 3.66. The normalized spacial score (nSPS) is 21.9. The van der Waals surface area contributed by atoms with Gasteiger partial charge in [-0.15, -0.1) is 0 Å². The van der Waals surface area contributed by atoms with Crippen molar-refractivity contribution in [1.82, 2.24) is 4.90 Å². The van der Waals surface area contributed by atoms with Crippen LogP contribution >= 0.6 is 0 Å². The van der Waals surface area contributed by atoms with Crippen LogP contribution in [0.4, 0.5) is 0 Å². The highest BCUT2D eigenvalue weighted by Crippen LogP contribution is 2.22. The number of phenols is 1. The number of carboxylic acid groups (broad SMARTS) is 1. The minimum absolute atomic E-state index is 0.208. The lowest BCUT2D eigenvalue weighted by Gasteiger charge is -2.28. The molecular weight excluding hydrogens is 230 g/mol. The van der Waals surface area contributed by atoms with Crippen molar-refractivity contribution in [2.75, 3.05) is 6.54 Å². The zero-order valence-electron chi connectivity index (χ0n) is 10.5. The van der Waals surface area contributed by atoms with Gasteiger partial charge in [-0.1, -0.05) is 12.1 Å². The molecule has 0 saturated carbocycles. The van der Waals surface area contributed by atoms with Crippen LogP contribution in [0, 0.1) is 0 Å². The van der Waals surface area contributed by atoms with Crippen molar-refractivity contribution in [2.45, 2.75) is 38.3 Å². The lowest BCUT2D eigenvalue weighted by Crippen LogP contribution is -2.44. The lowest BCUT2D eigenvalue weighted by atomic mass is 10.0. The largest absolute Gasteiger partial charge is 0.508 e. The van der Waals surface area contributed by atoms with Crippen LogP contribution in [-0.2, 0) is 11.2 Å². The Kier molecular flexibility index (Phi) is 3.87. The van der Waals surface area contributed by atoms with Crippen LogP contribution in [0.2, 0.25) is 0 Å². The first kappa shape index (κ1) is 12.9. The van der Waals surface area contributed by atoms with Crippen LogP contribution < -0.4 is 0 Å². The van der Waals surface area contributed by atoms with Crippen molar-refractivity contribution in [1.29, 1.82) is 0 Å². The molecule has 2 atom stereocenters. The summed E-state index contributed by atoms with van der Waals surface area (Å²) < 4.78 is 0. The predicted octanol–water partition coefficient (Wildman–Crippen LogP) is 1.87. The Morgan fingerprint density at radius 2 is 2.11 bits per heavy atom. The molecule has 0 bridgehead atoms. The second kappa shape index (κ2) is 5.40. The van der Waals surface area contributed by atoms with Crippen LogP contribution in [0.3, 0.4) is 0 Å². The van der Waals surface area contributed by atoms with Gasteiger partial charge >= 0.3 is 5.97 Å². The van der Waals surface area contributed by atoms with Crippen LogP contribution in [0.5, 0.6) is 5.75 Å². The van der Waals surface area contributed by atoms with Gasteiger partial charge in [-0.05, 0) is 50.4 Å². The fourth-order valence-corrected chi connectivity index (χ4v) is 2.62. The maximum absolute atomic E-state index is 11.4. The first-order valence-corrected chi connectivity index (χ1v) is 6.34. The predicted molar refractivity (Wildman–Crippen MR) is 68.6 cm³/mol. The van der Waals surface area contributed by atoms with Gasteiger partial charge in [0, 0.05) is 6.04 Å². The summed E-state index contributed by atoms with van der Waals surface area (Å²) in [6.45, 7) is 2.94. The second-order valence-corrected chi connectivity index (χ2v) is 4.95. The van der Waals surface area contributed by atoms with Gasteiger partial charge in [0.15, 0.2) is 0 Å². The summed E-state index contributed by atoms with van der Waals surface area (Å²) in [5, 5.41) is 18.6. The fourth-order valence-electron chi connectivity index (χ4n) is 2.62. The zero-order valence-corrected chi connectivity index (χ0v) is 10.5. The smallest absolute Gasteiger partial charge is 0.321 e. The minimum atomic E-state index is -0.767. The number of carboxylic acids is 1. The van der Waals surface area contributed by atoms with E-state index in [1.807, 2.05) is 0 Å². The van der Waals surface area contributed by atoms with Crippen LogP contribution in [0.1, 0.15) is 25.3 Å². The van der Waals surface area contributed by atoms with Gasteiger partial charge in [0.05, 0.1) is 0 Å². The summed E-state index contributed by atoms with van der Waals surface area (Å²) in [4.78, 5) is 13.5. The van der Waals surface area contributed by atoms with E-state index in [4.69, 9.17) is 0 Å². The number of likely N-dealkylation sites (tertiary alicyclic amines) is 1. The standard InChI is InChI=1S/C14H19NO3/c1-10-3-2-8-15(10)13(14(17)18)9-11-4-6-12(16)7-5-11/h4-7,10,13,16H,2-3,8-9H2,1H3,(H,17,18). The Bertz CT molecular complexity index is 416. The number of rotatable bonds is 4. The summed E-state index contributed by atoms with van der Waals surface area (Å²) in [5.74, 6) is -0.558. The highest BCUT2D eigenvalue weighted by atomic mass is 16.4. The van der Waals surface area contributed by atoms with E-state index in [1.165, 1.54) is 0 Å². The van der Waals surface area contributed by atoms with Crippen LogP contribution in [-0.4, -0.2) is 39.7 Å². The summed E-state index contributed by atoms with van der Waals surface area (Å²) in [7, 11) is 0. The molecule has 0 aromatic heterocycles. The highest BCUT2D eigenvalue weighted by Gasteiger charge is 2.32. The molecule has 98 valence electrons. The maximum atomic E-state index is 11.4. The Labute approximate surface area is 107 Å². The molecule has 2 N–H and O–H groups in total. The van der Waals surface area contributed by atoms with E-state index < -0.39 is 12.0 Å². The molecule has 4 nitrogen and oxygen atoms in total. The SMILES string of the molecule is CC1CCCN1C(Cc1ccc(O)cc1)C(=O)O. The Balaban J connectivity index is 2.11. The van der Waals surface area contributed by atoms with Gasteiger partial charge in [-0.25, -0.2) is 0 Å². The number of benzene rings is 1. The molecule has 1 aromatic rings. The van der Waals surface area contributed by atoms with E-state index in [2.05, 4.69) is 11.8 Å². The average molecular weight is 249 g/mol. The molecule has 0 aliphatic carbocycles. The first-order valence-electron chi connectivity index (χ1n) is 6.34. The lowest BCUT2D eigenvalue weighted by molar-refractivity contribution is -0.143. The van der Waals surface area contributed by atoms with Gasteiger partial charge in [0.2, 0.25) is 0 Å². The molecule has 2 unspecified atom stereocenters. The summed E-state index contributed by atoms with van der Waals surface area (Å²) in [6, 6.07) is 6.64. The van der Waals surface area contributed by atoms with Crippen molar-refractivity contribution in [3.8, 4) is 5.75 Å². The number of hydrogen-bond donors (Lipinski definition) is 2. The number of aliphatic carboxylic acids is 1. The number of carbonyl (C=O) groups is 1. The molecule has 0 radical (unpaired) electrons. The molecule has 1 aliphatic rings. The summed E-state index contributed by atoms with van der Waals surface area (Å²) >= 11 is 0. The van der Waals surface area contributed by atoms with Gasteiger partial charge in [-0.2, -0.15) is 0 Å². The minimum Gasteiger partial charge on any atom is -0.508 e. The average Bonchev–Trinajstić information content (AvgIpc) is 2.74. The quantitative estimate of drug-likeness (QED) is 0.855. The fraction of sp³-hybridized carbons (Fsp3) is 0.500. The van der Waals surface area contributed by atoms with Crippen molar-refractivity contribution in [3.63, 3.8) is 0 Å². The molecule has 1 saturated heterocycles. The second-order valence-electron chi connectivity index (χ2n) is 4.95. The highest BCUT2D eigenvalue weighted by molar-refractivity contribution is 5.74. The van der Waals surface area contributed by atoms with Crippen molar-refractivity contribution < 1.29 is 15.0 Å². The number of aromatic hydroxyl groups is 1. The molecular formula is C14H19NO3. The van der Waals surface area contributed by atoms with Gasteiger partial charge in [0.1, 0.15) is 11.8 Å². The Morgan fingerprint density at radius 3 is 2.61 bits per heavy atom.